The highest BCUT2D eigenvalue weighted by molar-refractivity contribution is 7.89. The van der Waals surface area contributed by atoms with Crippen LogP contribution in [0.3, 0.4) is 0 Å². The zero-order valence-corrected chi connectivity index (χ0v) is 17.9. The van der Waals surface area contributed by atoms with Gasteiger partial charge in [-0.3, -0.25) is 0 Å². The Bertz CT molecular complexity index is 1340. The fraction of sp³-hybridized carbons (Fsp3) is 0.200. The number of H-pyrrole nitrogens is 1. The van der Waals surface area contributed by atoms with Crippen LogP contribution in [0.25, 0.3) is 10.9 Å². The SMILES string of the molecule is Cc1ccc(S(=O)(=O)N2CCc3[nH]c4ccccc4c3C2c2ccccc2C)cc1. The lowest BCUT2D eigenvalue weighted by molar-refractivity contribution is 0.343. The second-order valence-corrected chi connectivity index (χ2v) is 9.89. The van der Waals surface area contributed by atoms with Crippen molar-refractivity contribution in [2.75, 3.05) is 6.54 Å². The van der Waals surface area contributed by atoms with Gasteiger partial charge in [0.15, 0.2) is 0 Å². The average Bonchev–Trinajstić information content (AvgIpc) is 3.13. The second-order valence-electron chi connectivity index (χ2n) is 8.00. The summed E-state index contributed by atoms with van der Waals surface area (Å²) in [4.78, 5) is 3.88. The van der Waals surface area contributed by atoms with Gasteiger partial charge in [-0.25, -0.2) is 8.42 Å². The Labute approximate surface area is 177 Å². The van der Waals surface area contributed by atoms with Crippen molar-refractivity contribution in [1.29, 1.82) is 0 Å². The fourth-order valence-corrected chi connectivity index (χ4v) is 6.11. The highest BCUT2D eigenvalue weighted by atomic mass is 32.2. The number of aryl methyl sites for hydroxylation is 2. The van der Waals surface area contributed by atoms with Crippen molar-refractivity contribution in [3.63, 3.8) is 0 Å². The molecule has 1 aromatic heterocycles. The lowest BCUT2D eigenvalue weighted by Crippen LogP contribution is -2.40. The van der Waals surface area contributed by atoms with Gasteiger partial charge in [0.2, 0.25) is 10.0 Å². The predicted octanol–water partition coefficient (Wildman–Crippen LogP) is 5.12. The molecule has 1 atom stereocenters. The summed E-state index contributed by atoms with van der Waals surface area (Å²) in [6.07, 6.45) is 0.664. The van der Waals surface area contributed by atoms with Crippen molar-refractivity contribution in [2.24, 2.45) is 0 Å². The third-order valence-electron chi connectivity index (χ3n) is 6.08. The Hall–Kier alpha value is -2.89. The zero-order valence-electron chi connectivity index (χ0n) is 17.1. The molecule has 5 heteroatoms. The minimum Gasteiger partial charge on any atom is -0.358 e. The molecule has 0 aliphatic carbocycles. The van der Waals surface area contributed by atoms with E-state index < -0.39 is 10.0 Å². The Kier molecular flexibility index (Phi) is 4.53. The second kappa shape index (κ2) is 7.11. The van der Waals surface area contributed by atoms with E-state index >= 15 is 0 Å². The van der Waals surface area contributed by atoms with Crippen molar-refractivity contribution < 1.29 is 8.42 Å². The fourth-order valence-electron chi connectivity index (χ4n) is 4.53. The van der Waals surface area contributed by atoms with E-state index in [2.05, 4.69) is 36.2 Å². The molecule has 152 valence electrons. The third-order valence-corrected chi connectivity index (χ3v) is 7.96. The number of aromatic nitrogens is 1. The van der Waals surface area contributed by atoms with Crippen LogP contribution in [0.2, 0.25) is 0 Å². The molecule has 0 amide bonds. The number of para-hydroxylation sites is 1. The largest absolute Gasteiger partial charge is 0.358 e. The Morgan fingerprint density at radius 3 is 2.37 bits per heavy atom. The van der Waals surface area contributed by atoms with Gasteiger partial charge in [-0.15, -0.1) is 0 Å². The standard InChI is InChI=1S/C25H24N2O2S/c1-17-11-13-19(14-12-17)30(28,29)27-16-15-23-24(21-9-5-6-10-22(21)26-23)25(27)20-8-4-3-7-18(20)2/h3-14,25-26H,15-16H2,1-2H3. The Balaban J connectivity index is 1.75. The van der Waals surface area contributed by atoms with Gasteiger partial charge < -0.3 is 4.98 Å². The lowest BCUT2D eigenvalue weighted by Gasteiger charge is -2.36. The van der Waals surface area contributed by atoms with Crippen molar-refractivity contribution in [3.8, 4) is 0 Å². The van der Waals surface area contributed by atoms with Crippen molar-refractivity contribution in [2.45, 2.75) is 31.2 Å². The van der Waals surface area contributed by atoms with Crippen LogP contribution >= 0.6 is 0 Å². The van der Waals surface area contributed by atoms with Gasteiger partial charge in [-0.1, -0.05) is 60.2 Å². The summed E-state index contributed by atoms with van der Waals surface area (Å²) < 4.78 is 29.2. The number of benzene rings is 3. The van der Waals surface area contributed by atoms with Gasteiger partial charge >= 0.3 is 0 Å². The molecule has 0 bridgehead atoms. The van der Waals surface area contributed by atoms with E-state index in [0.717, 1.165) is 38.9 Å². The summed E-state index contributed by atoms with van der Waals surface area (Å²) in [5.41, 5.74) is 6.41. The molecular formula is C25H24N2O2S. The molecule has 0 fully saturated rings. The maximum atomic E-state index is 13.8. The third kappa shape index (κ3) is 2.97. The Morgan fingerprint density at radius 1 is 0.900 bits per heavy atom. The van der Waals surface area contributed by atoms with Gasteiger partial charge in [-0.05, 0) is 43.2 Å². The normalized spacial score (nSPS) is 17.2. The van der Waals surface area contributed by atoms with Crippen LogP contribution in [0.4, 0.5) is 0 Å². The molecule has 0 saturated carbocycles. The first-order valence-electron chi connectivity index (χ1n) is 10.2. The number of aromatic amines is 1. The van der Waals surface area contributed by atoms with Crippen LogP contribution in [0, 0.1) is 13.8 Å². The van der Waals surface area contributed by atoms with E-state index in [1.807, 2.05) is 43.3 Å². The minimum absolute atomic E-state index is 0.343. The molecular weight excluding hydrogens is 392 g/mol. The van der Waals surface area contributed by atoms with E-state index in [0.29, 0.717) is 17.9 Å². The summed E-state index contributed by atoms with van der Waals surface area (Å²) in [5, 5.41) is 1.09. The molecule has 30 heavy (non-hydrogen) atoms. The number of nitrogens with zero attached hydrogens (tertiary/aromatic N) is 1. The van der Waals surface area contributed by atoms with Crippen molar-refractivity contribution in [1.82, 2.24) is 9.29 Å². The number of hydrogen-bond donors (Lipinski definition) is 1. The number of sulfonamides is 1. The van der Waals surface area contributed by atoms with E-state index in [1.54, 1.807) is 16.4 Å². The van der Waals surface area contributed by atoms with E-state index in [-0.39, 0.29) is 6.04 Å². The smallest absolute Gasteiger partial charge is 0.243 e. The number of nitrogens with one attached hydrogen (secondary N) is 1. The summed E-state index contributed by atoms with van der Waals surface area (Å²) >= 11 is 0. The quantitative estimate of drug-likeness (QED) is 0.504. The summed E-state index contributed by atoms with van der Waals surface area (Å²) in [6.45, 7) is 4.45. The maximum Gasteiger partial charge on any atom is 0.243 e. The molecule has 1 aliphatic rings. The highest BCUT2D eigenvalue weighted by Gasteiger charge is 2.39. The van der Waals surface area contributed by atoms with Crippen LogP contribution < -0.4 is 0 Å². The maximum absolute atomic E-state index is 13.8. The van der Waals surface area contributed by atoms with Gasteiger partial charge in [0.05, 0.1) is 10.9 Å². The molecule has 4 aromatic rings. The van der Waals surface area contributed by atoms with Gasteiger partial charge in [-0.2, -0.15) is 4.31 Å². The molecule has 0 radical (unpaired) electrons. The molecule has 4 nitrogen and oxygen atoms in total. The van der Waals surface area contributed by atoms with Crippen LogP contribution in [-0.4, -0.2) is 24.3 Å². The van der Waals surface area contributed by atoms with Gasteiger partial charge in [0, 0.05) is 35.1 Å². The van der Waals surface area contributed by atoms with Crippen molar-refractivity contribution in [3.05, 3.63) is 101 Å². The summed E-state index contributed by atoms with van der Waals surface area (Å²) in [6, 6.07) is 23.0. The lowest BCUT2D eigenvalue weighted by atomic mass is 9.90. The molecule has 3 aromatic carbocycles. The molecule has 0 spiro atoms. The van der Waals surface area contributed by atoms with E-state index in [4.69, 9.17) is 0 Å². The molecule has 2 heterocycles. The minimum atomic E-state index is -3.66. The van der Waals surface area contributed by atoms with Crippen molar-refractivity contribution >= 4 is 20.9 Å². The van der Waals surface area contributed by atoms with Gasteiger partial charge in [0.1, 0.15) is 0 Å². The molecule has 1 unspecified atom stereocenters. The van der Waals surface area contributed by atoms with Crippen LogP contribution in [0.15, 0.2) is 77.7 Å². The highest BCUT2D eigenvalue weighted by Crippen LogP contribution is 2.43. The topological polar surface area (TPSA) is 53.2 Å². The Morgan fingerprint density at radius 2 is 1.60 bits per heavy atom. The monoisotopic (exact) mass is 416 g/mol. The zero-order chi connectivity index (χ0) is 20.9. The molecule has 5 rings (SSSR count). The first-order chi connectivity index (χ1) is 14.5. The number of fused-ring (bicyclic) bond motifs is 3. The predicted molar refractivity (Wildman–Crippen MR) is 120 cm³/mol. The van der Waals surface area contributed by atoms with Crippen LogP contribution in [0.5, 0.6) is 0 Å². The summed E-state index contributed by atoms with van der Waals surface area (Å²) in [7, 11) is -3.66. The first-order valence-corrected chi connectivity index (χ1v) is 11.6. The first kappa shape index (κ1) is 19.1. The molecule has 1 N–H and O–H groups in total. The number of rotatable bonds is 3. The average molecular weight is 417 g/mol. The van der Waals surface area contributed by atoms with Crippen LogP contribution in [-0.2, 0) is 16.4 Å². The van der Waals surface area contributed by atoms with Gasteiger partial charge in [0.25, 0.3) is 0 Å². The molecule has 0 saturated heterocycles. The number of hydrogen-bond acceptors (Lipinski definition) is 2. The van der Waals surface area contributed by atoms with E-state index in [9.17, 15) is 8.42 Å². The van der Waals surface area contributed by atoms with E-state index in [1.165, 1.54) is 0 Å². The molecule has 1 aliphatic heterocycles. The summed E-state index contributed by atoms with van der Waals surface area (Å²) in [5.74, 6) is 0. The van der Waals surface area contributed by atoms with Crippen LogP contribution in [0.1, 0.15) is 34.0 Å².